The van der Waals surface area contributed by atoms with Gasteiger partial charge < -0.3 is 13.9 Å². The number of carbonyl (C=O) groups is 1. The van der Waals surface area contributed by atoms with Crippen LogP contribution in [-0.4, -0.2) is 44.6 Å². The van der Waals surface area contributed by atoms with Gasteiger partial charge in [-0.05, 0) is 46.6 Å². The standard InChI is InChI=1S/C21H32N4O2S/c1-14-11-19(16(3)24(14)15(2)12-27-5)20(26)13-28-21-23-22-17(4)25(21)18-9-7-6-8-10-18/h11,15,18H,6-10,12-13H2,1-5H3. The van der Waals surface area contributed by atoms with Gasteiger partial charge in [0.2, 0.25) is 0 Å². The fourth-order valence-corrected chi connectivity index (χ4v) is 5.40. The molecule has 1 aliphatic rings. The van der Waals surface area contributed by atoms with Gasteiger partial charge in [-0.1, -0.05) is 31.0 Å². The van der Waals surface area contributed by atoms with E-state index >= 15 is 0 Å². The number of Topliss-reactive ketones (excluding diaryl/α,β-unsaturated/α-hetero) is 1. The monoisotopic (exact) mass is 404 g/mol. The highest BCUT2D eigenvalue weighted by atomic mass is 32.2. The number of ketones is 1. The van der Waals surface area contributed by atoms with E-state index in [2.05, 4.69) is 26.3 Å². The molecule has 0 saturated heterocycles. The summed E-state index contributed by atoms with van der Waals surface area (Å²) >= 11 is 1.51. The van der Waals surface area contributed by atoms with Crippen molar-refractivity contribution < 1.29 is 9.53 Å². The number of rotatable bonds is 8. The molecule has 2 aromatic rings. The van der Waals surface area contributed by atoms with Crippen LogP contribution in [0.4, 0.5) is 0 Å². The Morgan fingerprint density at radius 1 is 1.25 bits per heavy atom. The van der Waals surface area contributed by atoms with E-state index in [1.807, 2.05) is 26.8 Å². The van der Waals surface area contributed by atoms with Crippen LogP contribution in [0.1, 0.15) is 78.7 Å². The molecular formula is C21H32N4O2S. The first kappa shape index (κ1) is 21.1. The van der Waals surface area contributed by atoms with Crippen LogP contribution in [0, 0.1) is 20.8 Å². The van der Waals surface area contributed by atoms with Crippen molar-refractivity contribution in [1.29, 1.82) is 0 Å². The number of ether oxygens (including phenoxy) is 1. The number of carbonyl (C=O) groups excluding carboxylic acids is 1. The smallest absolute Gasteiger partial charge is 0.191 e. The first-order valence-electron chi connectivity index (χ1n) is 10.2. The molecule has 1 saturated carbocycles. The van der Waals surface area contributed by atoms with Gasteiger partial charge in [0.25, 0.3) is 0 Å². The molecule has 2 aromatic heterocycles. The van der Waals surface area contributed by atoms with Crippen molar-refractivity contribution in [3.63, 3.8) is 0 Å². The molecule has 7 heteroatoms. The second-order valence-corrected chi connectivity index (χ2v) is 8.81. The van der Waals surface area contributed by atoms with Crippen LogP contribution >= 0.6 is 11.8 Å². The summed E-state index contributed by atoms with van der Waals surface area (Å²) in [5.74, 6) is 1.48. The van der Waals surface area contributed by atoms with E-state index < -0.39 is 0 Å². The highest BCUT2D eigenvalue weighted by Gasteiger charge is 2.23. The zero-order chi connectivity index (χ0) is 20.3. The number of nitrogens with zero attached hydrogens (tertiary/aromatic N) is 4. The van der Waals surface area contributed by atoms with Crippen LogP contribution in [0.5, 0.6) is 0 Å². The number of thioether (sulfide) groups is 1. The lowest BCUT2D eigenvalue weighted by atomic mass is 9.95. The van der Waals surface area contributed by atoms with E-state index in [4.69, 9.17) is 4.74 Å². The Morgan fingerprint density at radius 3 is 2.64 bits per heavy atom. The van der Waals surface area contributed by atoms with Crippen LogP contribution in [0.25, 0.3) is 0 Å². The topological polar surface area (TPSA) is 61.9 Å². The summed E-state index contributed by atoms with van der Waals surface area (Å²) in [4.78, 5) is 13.0. The molecule has 0 aromatic carbocycles. The summed E-state index contributed by atoms with van der Waals surface area (Å²) in [6.07, 6.45) is 6.20. The molecule has 0 N–H and O–H groups in total. The Bertz CT molecular complexity index is 821. The number of hydrogen-bond acceptors (Lipinski definition) is 5. The summed E-state index contributed by atoms with van der Waals surface area (Å²) in [6.45, 7) is 8.82. The predicted molar refractivity (Wildman–Crippen MR) is 112 cm³/mol. The molecule has 2 heterocycles. The minimum absolute atomic E-state index is 0.143. The van der Waals surface area contributed by atoms with Gasteiger partial charge in [-0.15, -0.1) is 10.2 Å². The third-order valence-corrected chi connectivity index (χ3v) is 6.68. The van der Waals surface area contributed by atoms with Crippen LogP contribution in [0.15, 0.2) is 11.2 Å². The molecule has 3 rings (SSSR count). The summed E-state index contributed by atoms with van der Waals surface area (Å²) in [5.41, 5.74) is 2.91. The molecule has 0 spiro atoms. The third kappa shape index (κ3) is 4.35. The van der Waals surface area contributed by atoms with E-state index in [0.717, 1.165) is 27.9 Å². The van der Waals surface area contributed by atoms with Crippen molar-refractivity contribution in [3.8, 4) is 0 Å². The summed E-state index contributed by atoms with van der Waals surface area (Å²) in [7, 11) is 1.71. The maximum absolute atomic E-state index is 13.0. The largest absolute Gasteiger partial charge is 0.383 e. The maximum atomic E-state index is 13.0. The Hall–Kier alpha value is -1.60. The van der Waals surface area contributed by atoms with Crippen LogP contribution in [0.3, 0.4) is 0 Å². The fraction of sp³-hybridized carbons (Fsp3) is 0.667. The van der Waals surface area contributed by atoms with Gasteiger partial charge in [0, 0.05) is 30.1 Å². The Balaban J connectivity index is 1.72. The zero-order valence-electron chi connectivity index (χ0n) is 17.7. The van der Waals surface area contributed by atoms with Gasteiger partial charge in [-0.2, -0.15) is 0 Å². The summed E-state index contributed by atoms with van der Waals surface area (Å²) in [6, 6.07) is 2.68. The number of aryl methyl sites for hydroxylation is 2. The molecule has 1 unspecified atom stereocenters. The number of hydrogen-bond donors (Lipinski definition) is 0. The molecule has 0 amide bonds. The lowest BCUT2D eigenvalue weighted by Crippen LogP contribution is -2.16. The average molecular weight is 405 g/mol. The molecule has 0 aliphatic heterocycles. The van der Waals surface area contributed by atoms with Crippen molar-refractivity contribution in [2.45, 2.75) is 77.0 Å². The Kier molecular flexibility index (Phi) is 6.99. The van der Waals surface area contributed by atoms with Crippen molar-refractivity contribution in [2.75, 3.05) is 19.5 Å². The molecule has 1 fully saturated rings. The lowest BCUT2D eigenvalue weighted by molar-refractivity contribution is 0.102. The maximum Gasteiger partial charge on any atom is 0.191 e. The lowest BCUT2D eigenvalue weighted by Gasteiger charge is -2.24. The first-order valence-corrected chi connectivity index (χ1v) is 11.2. The highest BCUT2D eigenvalue weighted by molar-refractivity contribution is 7.99. The minimum Gasteiger partial charge on any atom is -0.383 e. The van der Waals surface area contributed by atoms with Gasteiger partial charge in [0.15, 0.2) is 10.9 Å². The van der Waals surface area contributed by atoms with Gasteiger partial charge >= 0.3 is 0 Å². The summed E-state index contributed by atoms with van der Waals surface area (Å²) < 4.78 is 9.73. The SMILES string of the molecule is COCC(C)n1c(C)cc(C(=O)CSc2nnc(C)n2C2CCCCC2)c1C. The minimum atomic E-state index is 0.143. The van der Waals surface area contributed by atoms with E-state index in [0.29, 0.717) is 18.4 Å². The third-order valence-electron chi connectivity index (χ3n) is 5.74. The van der Waals surface area contributed by atoms with Crippen LogP contribution in [0.2, 0.25) is 0 Å². The summed E-state index contributed by atoms with van der Waals surface area (Å²) in [5, 5.41) is 9.52. The van der Waals surface area contributed by atoms with Crippen molar-refractivity contribution >= 4 is 17.5 Å². The predicted octanol–water partition coefficient (Wildman–Crippen LogP) is 4.69. The first-order chi connectivity index (χ1) is 13.4. The van der Waals surface area contributed by atoms with Crippen molar-refractivity contribution in [2.24, 2.45) is 0 Å². The Labute approximate surface area is 172 Å². The van der Waals surface area contributed by atoms with E-state index in [9.17, 15) is 4.79 Å². The average Bonchev–Trinajstić information content (AvgIpc) is 3.19. The van der Waals surface area contributed by atoms with Gasteiger partial charge in [0.1, 0.15) is 5.82 Å². The van der Waals surface area contributed by atoms with E-state index in [-0.39, 0.29) is 11.8 Å². The zero-order valence-corrected chi connectivity index (χ0v) is 18.5. The van der Waals surface area contributed by atoms with Crippen molar-refractivity contribution in [1.82, 2.24) is 19.3 Å². The normalized spacial score (nSPS) is 16.5. The van der Waals surface area contributed by atoms with Crippen LogP contribution < -0.4 is 0 Å². The fourth-order valence-electron chi connectivity index (χ4n) is 4.47. The van der Waals surface area contributed by atoms with Gasteiger partial charge in [0.05, 0.1) is 18.4 Å². The van der Waals surface area contributed by atoms with E-state index in [1.165, 1.54) is 43.9 Å². The Morgan fingerprint density at radius 2 is 1.96 bits per heavy atom. The molecule has 0 bridgehead atoms. The molecule has 1 aliphatic carbocycles. The highest BCUT2D eigenvalue weighted by Crippen LogP contribution is 2.33. The molecule has 6 nitrogen and oxygen atoms in total. The van der Waals surface area contributed by atoms with Gasteiger partial charge in [-0.25, -0.2) is 0 Å². The molecule has 0 radical (unpaired) electrons. The quantitative estimate of drug-likeness (QED) is 0.472. The van der Waals surface area contributed by atoms with E-state index in [1.54, 1.807) is 7.11 Å². The van der Waals surface area contributed by atoms with Crippen molar-refractivity contribution in [3.05, 3.63) is 28.8 Å². The van der Waals surface area contributed by atoms with Gasteiger partial charge in [-0.3, -0.25) is 4.79 Å². The molecule has 154 valence electrons. The second-order valence-electron chi connectivity index (χ2n) is 7.86. The number of methoxy groups -OCH3 is 1. The number of aromatic nitrogens is 4. The second kappa shape index (κ2) is 9.27. The molecule has 28 heavy (non-hydrogen) atoms. The molecular weight excluding hydrogens is 372 g/mol. The van der Waals surface area contributed by atoms with Crippen LogP contribution in [-0.2, 0) is 4.74 Å². The molecule has 1 atom stereocenters.